The molecule has 2 heterocycles. The summed E-state index contributed by atoms with van der Waals surface area (Å²) in [7, 11) is 0. The molecule has 2 bridgehead atoms. The van der Waals surface area contributed by atoms with Gasteiger partial charge in [-0.1, -0.05) is 13.8 Å². The van der Waals surface area contributed by atoms with Gasteiger partial charge in [0.15, 0.2) is 5.60 Å². The summed E-state index contributed by atoms with van der Waals surface area (Å²) >= 11 is 0. The van der Waals surface area contributed by atoms with E-state index in [1.54, 1.807) is 11.8 Å². The molecule has 134 valence electrons. The maximum absolute atomic E-state index is 13.3. The van der Waals surface area contributed by atoms with Gasteiger partial charge in [0.2, 0.25) is 0 Å². The van der Waals surface area contributed by atoms with Crippen molar-refractivity contribution in [1.29, 1.82) is 0 Å². The molecule has 24 heavy (non-hydrogen) atoms. The Hall–Kier alpha value is -1.59. The third-order valence-corrected chi connectivity index (χ3v) is 6.76. The maximum atomic E-state index is 13.3. The highest BCUT2D eigenvalue weighted by molar-refractivity contribution is 5.96. The topological polar surface area (TPSA) is 72.9 Å². The molecule has 0 unspecified atom stereocenters. The first-order valence-corrected chi connectivity index (χ1v) is 8.89. The summed E-state index contributed by atoms with van der Waals surface area (Å²) in [5.74, 6) is -0.944. The van der Waals surface area contributed by atoms with Crippen LogP contribution in [0, 0.1) is 16.7 Å². The zero-order chi connectivity index (χ0) is 17.8. The van der Waals surface area contributed by atoms with E-state index >= 15 is 0 Å². The minimum absolute atomic E-state index is 0.143. The van der Waals surface area contributed by atoms with Gasteiger partial charge in [-0.25, -0.2) is 0 Å². The summed E-state index contributed by atoms with van der Waals surface area (Å²) in [5, 5.41) is 0. The van der Waals surface area contributed by atoms with Crippen LogP contribution in [-0.4, -0.2) is 48.0 Å². The molecule has 3 atom stereocenters. The zero-order valence-electron chi connectivity index (χ0n) is 15.0. The van der Waals surface area contributed by atoms with Gasteiger partial charge in [0.05, 0.1) is 17.9 Å². The monoisotopic (exact) mass is 337 g/mol. The molecule has 3 fully saturated rings. The summed E-state index contributed by atoms with van der Waals surface area (Å²) in [6, 6.07) is 0. The van der Waals surface area contributed by atoms with Gasteiger partial charge in [0, 0.05) is 18.5 Å². The van der Waals surface area contributed by atoms with Crippen LogP contribution in [0.15, 0.2) is 0 Å². The minimum atomic E-state index is -1.09. The SMILES string of the molecule is CCOC(=O)[C@@H]1CCCN(C(=O)[C@]23CC[C@](C)(C(=O)O2)C3(C)C)C1. The van der Waals surface area contributed by atoms with Gasteiger partial charge in [0.1, 0.15) is 0 Å². The molecule has 0 aromatic heterocycles. The molecule has 6 nitrogen and oxygen atoms in total. The van der Waals surface area contributed by atoms with Crippen LogP contribution >= 0.6 is 0 Å². The second-order valence-corrected chi connectivity index (χ2v) is 8.02. The van der Waals surface area contributed by atoms with E-state index in [9.17, 15) is 14.4 Å². The van der Waals surface area contributed by atoms with E-state index in [0.29, 0.717) is 32.5 Å². The fraction of sp³-hybridized carbons (Fsp3) is 0.833. The van der Waals surface area contributed by atoms with Gasteiger partial charge in [-0.2, -0.15) is 0 Å². The van der Waals surface area contributed by atoms with Gasteiger partial charge in [-0.3, -0.25) is 14.4 Å². The molecule has 0 aromatic rings. The van der Waals surface area contributed by atoms with Crippen LogP contribution in [-0.2, 0) is 23.9 Å². The Morgan fingerprint density at radius 2 is 2.00 bits per heavy atom. The normalized spacial score (nSPS) is 37.2. The lowest BCUT2D eigenvalue weighted by molar-refractivity contribution is -0.176. The van der Waals surface area contributed by atoms with E-state index in [2.05, 4.69) is 0 Å². The first-order chi connectivity index (χ1) is 11.2. The second-order valence-electron chi connectivity index (χ2n) is 8.02. The number of hydrogen-bond donors (Lipinski definition) is 0. The van der Waals surface area contributed by atoms with E-state index in [0.717, 1.165) is 12.8 Å². The molecule has 0 radical (unpaired) electrons. The smallest absolute Gasteiger partial charge is 0.313 e. The molecule has 1 amide bonds. The fourth-order valence-electron chi connectivity index (χ4n) is 4.59. The number of nitrogens with zero attached hydrogens (tertiary/aromatic N) is 1. The number of ether oxygens (including phenoxy) is 2. The maximum Gasteiger partial charge on any atom is 0.313 e. The lowest BCUT2D eigenvalue weighted by Crippen LogP contribution is -2.57. The number of carbonyl (C=O) groups excluding carboxylic acids is 3. The summed E-state index contributed by atoms with van der Waals surface area (Å²) in [5.41, 5.74) is -2.25. The lowest BCUT2D eigenvalue weighted by Gasteiger charge is -2.41. The van der Waals surface area contributed by atoms with Gasteiger partial charge in [-0.05, 0) is 39.5 Å². The molecular weight excluding hydrogens is 310 g/mol. The van der Waals surface area contributed by atoms with Gasteiger partial charge < -0.3 is 14.4 Å². The second kappa shape index (κ2) is 5.46. The Morgan fingerprint density at radius 3 is 2.54 bits per heavy atom. The Kier molecular flexibility index (Phi) is 3.92. The van der Waals surface area contributed by atoms with Crippen molar-refractivity contribution < 1.29 is 23.9 Å². The molecule has 2 aliphatic heterocycles. The van der Waals surface area contributed by atoms with E-state index in [4.69, 9.17) is 9.47 Å². The summed E-state index contributed by atoms with van der Waals surface area (Å²) in [4.78, 5) is 39.4. The third-order valence-electron chi connectivity index (χ3n) is 6.76. The molecule has 3 rings (SSSR count). The predicted molar refractivity (Wildman–Crippen MR) is 85.9 cm³/mol. The first-order valence-electron chi connectivity index (χ1n) is 8.89. The molecule has 0 aromatic carbocycles. The van der Waals surface area contributed by atoms with Crippen molar-refractivity contribution in [1.82, 2.24) is 4.90 Å². The van der Waals surface area contributed by atoms with Crippen LogP contribution in [0.5, 0.6) is 0 Å². The molecule has 2 saturated heterocycles. The molecule has 3 aliphatic rings. The number of carbonyl (C=O) groups is 3. The van der Waals surface area contributed by atoms with E-state index in [1.165, 1.54) is 0 Å². The number of esters is 2. The van der Waals surface area contributed by atoms with Crippen molar-refractivity contribution in [3.8, 4) is 0 Å². The van der Waals surface area contributed by atoms with Crippen molar-refractivity contribution in [2.24, 2.45) is 16.7 Å². The average molecular weight is 337 g/mol. The van der Waals surface area contributed by atoms with Crippen molar-refractivity contribution in [3.05, 3.63) is 0 Å². The Labute approximate surface area is 142 Å². The lowest BCUT2D eigenvalue weighted by atomic mass is 9.66. The van der Waals surface area contributed by atoms with Gasteiger partial charge >= 0.3 is 11.9 Å². The number of fused-ring (bicyclic) bond motifs is 2. The van der Waals surface area contributed by atoms with Crippen molar-refractivity contribution >= 4 is 17.8 Å². The Balaban J connectivity index is 1.82. The molecule has 1 aliphatic carbocycles. The quantitative estimate of drug-likeness (QED) is 0.736. The number of hydrogen-bond acceptors (Lipinski definition) is 5. The van der Waals surface area contributed by atoms with Crippen LogP contribution in [0.25, 0.3) is 0 Å². The predicted octanol–water partition coefficient (Wildman–Crippen LogP) is 1.91. The van der Waals surface area contributed by atoms with Gasteiger partial charge in [0.25, 0.3) is 5.91 Å². The summed E-state index contributed by atoms with van der Waals surface area (Å²) < 4.78 is 10.8. The van der Waals surface area contributed by atoms with E-state index < -0.39 is 16.4 Å². The molecule has 1 saturated carbocycles. The summed E-state index contributed by atoms with van der Waals surface area (Å²) in [6.07, 6.45) is 2.72. The standard InChI is InChI=1S/C18H27NO5/c1-5-23-13(20)12-7-6-10-19(11-12)14(21)18-9-8-17(4,15(22)24-18)16(18,2)3/h12H,5-11H2,1-4H3/t12-,17-,18+/m1/s1. The highest BCUT2D eigenvalue weighted by Crippen LogP contribution is 2.66. The van der Waals surface area contributed by atoms with Crippen LogP contribution in [0.4, 0.5) is 0 Å². The average Bonchev–Trinajstić information content (AvgIpc) is 2.85. The van der Waals surface area contributed by atoms with Gasteiger partial charge in [-0.15, -0.1) is 0 Å². The van der Waals surface area contributed by atoms with E-state index in [1.807, 2.05) is 20.8 Å². The largest absolute Gasteiger partial charge is 0.466 e. The highest BCUT2D eigenvalue weighted by atomic mass is 16.6. The van der Waals surface area contributed by atoms with Crippen LogP contribution in [0.1, 0.15) is 53.4 Å². The minimum Gasteiger partial charge on any atom is -0.466 e. The van der Waals surface area contributed by atoms with Crippen molar-refractivity contribution in [3.63, 3.8) is 0 Å². The molecule has 0 N–H and O–H groups in total. The zero-order valence-corrected chi connectivity index (χ0v) is 15.0. The number of amides is 1. The summed E-state index contributed by atoms with van der Waals surface area (Å²) in [6.45, 7) is 8.88. The molecule has 0 spiro atoms. The fourth-order valence-corrected chi connectivity index (χ4v) is 4.59. The number of piperidine rings is 1. The molecular formula is C18H27NO5. The number of rotatable bonds is 3. The van der Waals surface area contributed by atoms with Crippen molar-refractivity contribution in [2.75, 3.05) is 19.7 Å². The Bertz CT molecular complexity index is 586. The van der Waals surface area contributed by atoms with Crippen LogP contribution in [0.2, 0.25) is 0 Å². The van der Waals surface area contributed by atoms with Crippen molar-refractivity contribution in [2.45, 2.75) is 59.0 Å². The first kappa shape index (κ1) is 17.2. The number of likely N-dealkylation sites (tertiary alicyclic amines) is 1. The van der Waals surface area contributed by atoms with E-state index in [-0.39, 0.29) is 23.8 Å². The van der Waals surface area contributed by atoms with Crippen LogP contribution < -0.4 is 0 Å². The van der Waals surface area contributed by atoms with Crippen LogP contribution in [0.3, 0.4) is 0 Å². The molecule has 6 heteroatoms. The third kappa shape index (κ3) is 2.04. The highest BCUT2D eigenvalue weighted by Gasteiger charge is 2.76. The Morgan fingerprint density at radius 1 is 1.29 bits per heavy atom.